The zero-order chi connectivity index (χ0) is 33.6. The van der Waals surface area contributed by atoms with Crippen molar-refractivity contribution in [2.75, 3.05) is 26.4 Å². The molecule has 2 rings (SSSR count). The van der Waals surface area contributed by atoms with E-state index < -0.39 is 45.1 Å². The minimum Gasteiger partial charge on any atom is -0.465 e. The third kappa shape index (κ3) is 9.88. The first-order valence-electron chi connectivity index (χ1n) is 13.2. The molecular weight excluding hydrogens is 627 g/mol. The van der Waals surface area contributed by atoms with Crippen molar-refractivity contribution in [1.82, 2.24) is 0 Å². The number of nitro benzene ring substituents is 2. The van der Waals surface area contributed by atoms with Gasteiger partial charge in [-0.1, -0.05) is 35.3 Å². The van der Waals surface area contributed by atoms with Gasteiger partial charge in [0.25, 0.3) is 11.4 Å². The van der Waals surface area contributed by atoms with E-state index in [9.17, 15) is 39.4 Å². The fourth-order valence-electron chi connectivity index (χ4n) is 3.65. The van der Waals surface area contributed by atoms with Crippen molar-refractivity contribution < 1.29 is 48.0 Å². The Morgan fingerprint density at radius 3 is 1.50 bits per heavy atom. The average Bonchev–Trinajstić information content (AvgIpc) is 2.95. The number of esters is 4. The molecule has 0 saturated carbocycles. The van der Waals surface area contributed by atoms with Crippen LogP contribution in [0.15, 0.2) is 36.4 Å². The van der Waals surface area contributed by atoms with E-state index in [1.165, 1.54) is 37.3 Å². The Balaban J connectivity index is 0.000000440. The van der Waals surface area contributed by atoms with Crippen LogP contribution in [0.25, 0.3) is 0 Å². The molecule has 0 spiro atoms. The number of halogens is 2. The predicted molar refractivity (Wildman–Crippen MR) is 157 cm³/mol. The van der Waals surface area contributed by atoms with E-state index in [0.717, 1.165) is 6.07 Å². The van der Waals surface area contributed by atoms with Crippen LogP contribution >= 0.6 is 23.2 Å². The molecule has 16 heteroatoms. The Kier molecular flexibility index (Phi) is 15.2. The Morgan fingerprint density at radius 2 is 1.14 bits per heavy atom. The molecule has 0 radical (unpaired) electrons. The minimum absolute atomic E-state index is 0.00458. The molecule has 0 aliphatic heterocycles. The third-order valence-corrected chi connectivity index (χ3v) is 6.49. The molecule has 0 fully saturated rings. The van der Waals surface area contributed by atoms with Gasteiger partial charge in [0.2, 0.25) is 0 Å². The molecule has 240 valence electrons. The van der Waals surface area contributed by atoms with Crippen LogP contribution in [-0.2, 0) is 50.0 Å². The van der Waals surface area contributed by atoms with Crippen LogP contribution < -0.4 is 0 Å². The van der Waals surface area contributed by atoms with Gasteiger partial charge in [-0.3, -0.25) is 39.4 Å². The van der Waals surface area contributed by atoms with Crippen LogP contribution in [0.2, 0.25) is 10.0 Å². The molecule has 0 saturated heterocycles. The summed E-state index contributed by atoms with van der Waals surface area (Å²) in [5.74, 6) is -4.14. The number of nitro groups is 2. The summed E-state index contributed by atoms with van der Waals surface area (Å²) in [5, 5.41) is 21.3. The first-order valence-corrected chi connectivity index (χ1v) is 14.0. The molecule has 44 heavy (non-hydrogen) atoms. The number of hydrogen-bond donors (Lipinski definition) is 0. The highest BCUT2D eigenvalue weighted by molar-refractivity contribution is 6.33. The molecule has 0 unspecified atom stereocenters. The van der Waals surface area contributed by atoms with Gasteiger partial charge in [0.1, 0.15) is 10.0 Å². The summed E-state index contributed by atoms with van der Waals surface area (Å²) in [7, 11) is 0. The predicted octanol–water partition coefficient (Wildman–Crippen LogP) is 5.17. The number of nitrogens with zero attached hydrogens (tertiary/aromatic N) is 2. The fourth-order valence-corrected chi connectivity index (χ4v) is 4.17. The smallest absolute Gasteiger partial charge is 0.327 e. The monoisotopic (exact) mass is 658 g/mol. The largest absolute Gasteiger partial charge is 0.465 e. The van der Waals surface area contributed by atoms with Gasteiger partial charge in [0, 0.05) is 12.1 Å². The maximum atomic E-state index is 12.2. The minimum atomic E-state index is -1.75. The zero-order valence-electron chi connectivity index (χ0n) is 24.6. The van der Waals surface area contributed by atoms with E-state index in [1.54, 1.807) is 27.7 Å². The van der Waals surface area contributed by atoms with E-state index in [1.807, 2.05) is 0 Å². The van der Waals surface area contributed by atoms with Gasteiger partial charge in [-0.25, -0.2) is 0 Å². The average molecular weight is 659 g/mol. The lowest BCUT2D eigenvalue weighted by atomic mass is 9.82. The SMILES string of the molecule is CCOC(=O)C(C)(C(=O)OCC)c1ccc([N+](=O)[O-])c(Cl)c1.CCOC(=O)C(Cc1ccc([N+](=O)[O-])c(Cl)c1)C(=O)OCC. The summed E-state index contributed by atoms with van der Waals surface area (Å²) in [6, 6.07) is 7.64. The second kappa shape index (κ2) is 17.7. The van der Waals surface area contributed by atoms with Crippen molar-refractivity contribution in [2.45, 2.75) is 46.5 Å². The second-order valence-electron chi connectivity index (χ2n) is 8.79. The van der Waals surface area contributed by atoms with Gasteiger partial charge in [0.05, 0.1) is 36.3 Å². The van der Waals surface area contributed by atoms with E-state index in [2.05, 4.69) is 0 Å². The Morgan fingerprint density at radius 1 is 0.727 bits per heavy atom. The molecular formula is C28H32Cl2N2O12. The van der Waals surface area contributed by atoms with Crippen LogP contribution in [0.3, 0.4) is 0 Å². The topological polar surface area (TPSA) is 191 Å². The lowest BCUT2D eigenvalue weighted by Gasteiger charge is -2.25. The van der Waals surface area contributed by atoms with Gasteiger partial charge in [-0.2, -0.15) is 0 Å². The molecule has 2 aromatic carbocycles. The molecule has 0 bridgehead atoms. The van der Waals surface area contributed by atoms with Gasteiger partial charge in [-0.05, 0) is 64.3 Å². The lowest BCUT2D eigenvalue weighted by molar-refractivity contribution is -0.384. The van der Waals surface area contributed by atoms with Crippen molar-refractivity contribution in [2.24, 2.45) is 5.92 Å². The van der Waals surface area contributed by atoms with E-state index >= 15 is 0 Å². The Bertz CT molecular complexity index is 1350. The summed E-state index contributed by atoms with van der Waals surface area (Å²) < 4.78 is 19.6. The molecule has 14 nitrogen and oxygen atoms in total. The van der Waals surface area contributed by atoms with Gasteiger partial charge in [-0.15, -0.1) is 0 Å². The maximum Gasteiger partial charge on any atom is 0.327 e. The molecule has 0 heterocycles. The summed E-state index contributed by atoms with van der Waals surface area (Å²) >= 11 is 11.7. The molecule has 2 aromatic rings. The van der Waals surface area contributed by atoms with Crippen LogP contribution in [0.1, 0.15) is 45.7 Å². The van der Waals surface area contributed by atoms with Crippen LogP contribution in [0.5, 0.6) is 0 Å². The molecule has 0 aliphatic rings. The van der Waals surface area contributed by atoms with Crippen molar-refractivity contribution in [3.8, 4) is 0 Å². The fraction of sp³-hybridized carbons (Fsp3) is 0.429. The lowest BCUT2D eigenvalue weighted by Crippen LogP contribution is -2.43. The number of benzene rings is 2. The molecule has 0 aliphatic carbocycles. The van der Waals surface area contributed by atoms with Crippen molar-refractivity contribution >= 4 is 58.5 Å². The number of carbonyl (C=O) groups excluding carboxylic acids is 4. The second-order valence-corrected chi connectivity index (χ2v) is 9.61. The third-order valence-electron chi connectivity index (χ3n) is 5.88. The standard InChI is InChI=1S/2C14H16ClNO6/c1-4-21-12(17)14(3,13(18)22-5-2)9-6-7-11(16(19)20)10(15)8-9;1-3-21-13(17)10(14(18)22-4-2)7-9-5-6-12(16(19)20)11(15)8-9/h6-8H,4-5H2,1-3H3;5-6,8,10H,3-4,7H2,1-2H3. The number of ether oxygens (including phenoxy) is 4. The van der Waals surface area contributed by atoms with Crippen molar-refractivity contribution in [1.29, 1.82) is 0 Å². The van der Waals surface area contributed by atoms with E-state index in [-0.39, 0.29) is 59.8 Å². The number of carbonyl (C=O) groups is 4. The summed E-state index contributed by atoms with van der Waals surface area (Å²) in [6.45, 7) is 8.22. The zero-order valence-corrected chi connectivity index (χ0v) is 26.1. The van der Waals surface area contributed by atoms with Gasteiger partial charge >= 0.3 is 23.9 Å². The summed E-state index contributed by atoms with van der Waals surface area (Å²) in [6.07, 6.45) is -0.00458. The Hall–Kier alpha value is -4.30. The number of rotatable bonds is 13. The highest BCUT2D eigenvalue weighted by Crippen LogP contribution is 2.33. The normalized spacial score (nSPS) is 10.6. The summed E-state index contributed by atoms with van der Waals surface area (Å²) in [4.78, 5) is 68.4. The van der Waals surface area contributed by atoms with Crippen molar-refractivity contribution in [3.05, 3.63) is 77.8 Å². The maximum absolute atomic E-state index is 12.2. The van der Waals surface area contributed by atoms with Gasteiger partial charge in [0.15, 0.2) is 11.3 Å². The molecule has 0 amide bonds. The quantitative estimate of drug-likeness (QED) is 0.0903. The van der Waals surface area contributed by atoms with Gasteiger partial charge < -0.3 is 18.9 Å². The van der Waals surface area contributed by atoms with Crippen LogP contribution in [0, 0.1) is 26.1 Å². The molecule has 0 aromatic heterocycles. The first-order chi connectivity index (χ1) is 20.7. The number of hydrogen-bond acceptors (Lipinski definition) is 12. The van der Waals surface area contributed by atoms with E-state index in [4.69, 9.17) is 42.1 Å². The summed E-state index contributed by atoms with van der Waals surface area (Å²) in [5.41, 5.74) is -1.64. The molecule has 0 N–H and O–H groups in total. The van der Waals surface area contributed by atoms with E-state index in [0.29, 0.717) is 5.56 Å². The molecule has 0 atom stereocenters. The highest BCUT2D eigenvalue weighted by atomic mass is 35.5. The highest BCUT2D eigenvalue weighted by Gasteiger charge is 2.46. The first kappa shape index (κ1) is 37.7. The van der Waals surface area contributed by atoms with Crippen molar-refractivity contribution in [3.63, 3.8) is 0 Å². The van der Waals surface area contributed by atoms with Crippen LogP contribution in [0.4, 0.5) is 11.4 Å². The Labute approximate surface area is 262 Å². The van der Waals surface area contributed by atoms with Crippen LogP contribution in [-0.4, -0.2) is 60.2 Å².